The van der Waals surface area contributed by atoms with Crippen molar-refractivity contribution in [3.05, 3.63) is 90.6 Å². The number of fused-ring (bicyclic) bond motifs is 1. The molecule has 0 saturated carbocycles. The molecular weight excluding hydrogens is 602 g/mol. The zero-order valence-electron chi connectivity index (χ0n) is 24.1. The molecule has 0 aliphatic rings. The molecule has 3 heterocycles. The van der Waals surface area contributed by atoms with E-state index in [1.807, 2.05) is 47.2 Å². The van der Waals surface area contributed by atoms with Crippen molar-refractivity contribution < 1.29 is 18.7 Å². The zero-order chi connectivity index (χ0) is 30.4. The van der Waals surface area contributed by atoms with E-state index in [4.69, 9.17) is 21.7 Å². The lowest BCUT2D eigenvalue weighted by Gasteiger charge is -2.15. The Bertz CT molecular complexity index is 1740. The fourth-order valence-electron chi connectivity index (χ4n) is 4.18. The van der Waals surface area contributed by atoms with Crippen LogP contribution in [0.25, 0.3) is 20.9 Å². The number of nitrogens with one attached hydrogen (secondary N) is 2. The summed E-state index contributed by atoms with van der Waals surface area (Å²) in [6.45, 7) is 8.10. The van der Waals surface area contributed by atoms with Gasteiger partial charge in [0.05, 0.1) is 21.5 Å². The third kappa shape index (κ3) is 8.32. The van der Waals surface area contributed by atoms with Gasteiger partial charge in [-0.1, -0.05) is 50.0 Å². The second-order valence-corrected chi connectivity index (χ2v) is 18.2. The number of hydrogen-bond acceptors (Lipinski definition) is 7. The first kappa shape index (κ1) is 30.5. The molecule has 0 bridgehead atoms. The standard InChI is InChI=1S/C31H32FN5O3S2Si/c1-43(2,3)16-15-39-20-37-14-13-34-30(37)27-19-24-29(42-27)26(11-12-33-24)40-25-10-9-22(18-23(25)32)35-31(41)36-28(38)17-21-7-5-4-6-8-21/h4-14,18-19H,15-17,20H2,1-3H3,(H2,35,36,38,41). The second kappa shape index (κ2) is 13.6. The van der Waals surface area contributed by atoms with Crippen LogP contribution in [0.5, 0.6) is 11.5 Å². The van der Waals surface area contributed by atoms with Gasteiger partial charge in [-0.15, -0.1) is 11.3 Å². The molecule has 0 aliphatic carbocycles. The Hall–Kier alpha value is -3.97. The number of anilines is 1. The van der Waals surface area contributed by atoms with E-state index < -0.39 is 13.9 Å². The van der Waals surface area contributed by atoms with Crippen LogP contribution in [-0.2, 0) is 22.7 Å². The fourth-order valence-corrected chi connectivity index (χ4v) is 6.25. The molecule has 0 spiro atoms. The van der Waals surface area contributed by atoms with Crippen LogP contribution >= 0.6 is 23.6 Å². The van der Waals surface area contributed by atoms with Gasteiger partial charge < -0.3 is 24.7 Å². The Morgan fingerprint density at radius 2 is 1.86 bits per heavy atom. The monoisotopic (exact) mass is 633 g/mol. The quantitative estimate of drug-likeness (QED) is 0.0887. The Balaban J connectivity index is 1.24. The van der Waals surface area contributed by atoms with Gasteiger partial charge in [-0.05, 0) is 42.0 Å². The number of rotatable bonds is 11. The largest absolute Gasteiger partial charge is 0.453 e. The number of imidazole rings is 1. The van der Waals surface area contributed by atoms with Gasteiger partial charge in [-0.25, -0.2) is 9.37 Å². The smallest absolute Gasteiger partial charge is 0.230 e. The van der Waals surface area contributed by atoms with Crippen molar-refractivity contribution in [1.29, 1.82) is 0 Å². The van der Waals surface area contributed by atoms with Gasteiger partial charge in [-0.3, -0.25) is 9.78 Å². The van der Waals surface area contributed by atoms with Crippen molar-refractivity contribution in [2.45, 2.75) is 38.8 Å². The molecular formula is C31H32FN5O3S2Si. The molecule has 12 heteroatoms. The number of benzene rings is 2. The number of thiophene rings is 1. The van der Waals surface area contributed by atoms with E-state index in [1.54, 1.807) is 24.5 Å². The lowest BCUT2D eigenvalue weighted by molar-refractivity contribution is -0.119. The van der Waals surface area contributed by atoms with Crippen molar-refractivity contribution >= 4 is 58.6 Å². The highest BCUT2D eigenvalue weighted by molar-refractivity contribution is 7.80. The molecule has 5 aromatic rings. The minimum Gasteiger partial charge on any atom is -0.453 e. The van der Waals surface area contributed by atoms with E-state index in [1.165, 1.54) is 23.5 Å². The SMILES string of the molecule is C[Si](C)(C)CCOCn1ccnc1-c1cc2nccc(Oc3ccc(NC(=S)NC(=O)Cc4ccccc4)cc3F)c2s1. The van der Waals surface area contributed by atoms with Crippen molar-refractivity contribution in [3.8, 4) is 22.2 Å². The number of halogens is 1. The summed E-state index contributed by atoms with van der Waals surface area (Å²) in [5.74, 6) is 0.447. The number of hydrogen-bond donors (Lipinski definition) is 2. The molecule has 2 N–H and O–H groups in total. The Labute approximate surface area is 259 Å². The number of thiocarbonyl (C=S) groups is 1. The molecule has 5 rings (SSSR count). The first-order valence-electron chi connectivity index (χ1n) is 13.7. The maximum absolute atomic E-state index is 15.1. The Morgan fingerprint density at radius 1 is 1.05 bits per heavy atom. The number of nitrogens with zero attached hydrogens (tertiary/aromatic N) is 3. The van der Waals surface area contributed by atoms with Gasteiger partial charge >= 0.3 is 0 Å². The van der Waals surface area contributed by atoms with E-state index in [0.717, 1.165) is 32.5 Å². The van der Waals surface area contributed by atoms with Crippen LogP contribution in [0.3, 0.4) is 0 Å². The fraction of sp³-hybridized carbons (Fsp3) is 0.226. The molecule has 8 nitrogen and oxygen atoms in total. The number of carbonyl (C=O) groups is 1. The lowest BCUT2D eigenvalue weighted by Crippen LogP contribution is -2.35. The van der Waals surface area contributed by atoms with Crippen LogP contribution in [-0.4, -0.2) is 40.2 Å². The normalized spacial score (nSPS) is 11.4. The van der Waals surface area contributed by atoms with Crippen LogP contribution in [0.2, 0.25) is 25.7 Å². The number of pyridine rings is 1. The number of ether oxygens (including phenoxy) is 2. The average molecular weight is 634 g/mol. The number of carbonyl (C=O) groups excluding carboxylic acids is 1. The highest BCUT2D eigenvalue weighted by Crippen LogP contribution is 2.39. The van der Waals surface area contributed by atoms with Crippen LogP contribution in [0.1, 0.15) is 5.56 Å². The first-order valence-corrected chi connectivity index (χ1v) is 18.7. The lowest BCUT2D eigenvalue weighted by atomic mass is 10.1. The van der Waals surface area contributed by atoms with Gasteiger partial charge in [0.25, 0.3) is 0 Å². The second-order valence-electron chi connectivity index (χ2n) is 11.1. The van der Waals surface area contributed by atoms with Crippen molar-refractivity contribution in [3.63, 3.8) is 0 Å². The summed E-state index contributed by atoms with van der Waals surface area (Å²) >= 11 is 6.71. The predicted molar refractivity (Wildman–Crippen MR) is 176 cm³/mol. The van der Waals surface area contributed by atoms with E-state index >= 15 is 4.39 Å². The molecule has 0 saturated heterocycles. The summed E-state index contributed by atoms with van der Waals surface area (Å²) in [6, 6.07) is 18.5. The van der Waals surface area contributed by atoms with Crippen LogP contribution < -0.4 is 15.4 Å². The Morgan fingerprint density at radius 3 is 2.63 bits per heavy atom. The van der Waals surface area contributed by atoms with Gasteiger partial charge in [-0.2, -0.15) is 0 Å². The van der Waals surface area contributed by atoms with E-state index in [-0.39, 0.29) is 23.2 Å². The topological polar surface area (TPSA) is 90.3 Å². The highest BCUT2D eigenvalue weighted by atomic mass is 32.1. The minimum atomic E-state index is -1.17. The molecule has 0 fully saturated rings. The van der Waals surface area contributed by atoms with Gasteiger partial charge in [0.2, 0.25) is 5.91 Å². The third-order valence-corrected chi connectivity index (χ3v) is 9.45. The van der Waals surface area contributed by atoms with E-state index in [0.29, 0.717) is 24.8 Å². The molecule has 3 aromatic heterocycles. The summed E-state index contributed by atoms with van der Waals surface area (Å²) in [5.41, 5.74) is 1.97. The molecule has 0 radical (unpaired) electrons. The minimum absolute atomic E-state index is 0.0457. The molecule has 43 heavy (non-hydrogen) atoms. The number of amides is 1. The average Bonchev–Trinajstić information content (AvgIpc) is 3.60. The summed E-state index contributed by atoms with van der Waals surface area (Å²) in [4.78, 5) is 22.2. The van der Waals surface area contributed by atoms with Crippen molar-refractivity contribution in [1.82, 2.24) is 19.9 Å². The number of aromatic nitrogens is 3. The van der Waals surface area contributed by atoms with Gasteiger partial charge in [0, 0.05) is 51.1 Å². The zero-order valence-corrected chi connectivity index (χ0v) is 26.7. The molecule has 0 atom stereocenters. The Kier molecular flexibility index (Phi) is 9.61. The summed E-state index contributed by atoms with van der Waals surface area (Å²) < 4.78 is 29.8. The summed E-state index contributed by atoms with van der Waals surface area (Å²) in [7, 11) is -1.17. The maximum atomic E-state index is 15.1. The van der Waals surface area contributed by atoms with Crippen molar-refractivity contribution in [2.24, 2.45) is 0 Å². The molecule has 0 unspecified atom stereocenters. The molecule has 1 amide bonds. The third-order valence-electron chi connectivity index (χ3n) is 6.41. The first-order chi connectivity index (χ1) is 20.6. The van der Waals surface area contributed by atoms with Crippen molar-refractivity contribution in [2.75, 3.05) is 11.9 Å². The van der Waals surface area contributed by atoms with E-state index in [2.05, 4.69) is 40.2 Å². The van der Waals surface area contributed by atoms with Crippen LogP contribution in [0.4, 0.5) is 10.1 Å². The summed E-state index contributed by atoms with van der Waals surface area (Å²) in [5, 5.41) is 5.55. The van der Waals surface area contributed by atoms with Crippen LogP contribution in [0.15, 0.2) is 79.3 Å². The molecule has 222 valence electrons. The molecule has 0 aliphatic heterocycles. The van der Waals surface area contributed by atoms with Gasteiger partial charge in [0.15, 0.2) is 22.5 Å². The summed E-state index contributed by atoms with van der Waals surface area (Å²) in [6.07, 6.45) is 5.45. The van der Waals surface area contributed by atoms with Crippen LogP contribution in [0, 0.1) is 5.82 Å². The van der Waals surface area contributed by atoms with Gasteiger partial charge in [0.1, 0.15) is 12.5 Å². The maximum Gasteiger partial charge on any atom is 0.230 e. The van der Waals surface area contributed by atoms with E-state index in [9.17, 15) is 4.79 Å². The predicted octanol–water partition coefficient (Wildman–Crippen LogP) is 7.46. The molecule has 2 aromatic carbocycles. The highest BCUT2D eigenvalue weighted by Gasteiger charge is 2.17.